The van der Waals surface area contributed by atoms with E-state index in [-0.39, 0.29) is 0 Å². The van der Waals surface area contributed by atoms with E-state index in [9.17, 15) is 0 Å². The molecule has 0 bridgehead atoms. The molecule has 0 N–H and O–H groups in total. The molecule has 5 heterocycles. The summed E-state index contributed by atoms with van der Waals surface area (Å²) in [7, 11) is 0. The van der Waals surface area contributed by atoms with Crippen molar-refractivity contribution in [1.29, 1.82) is 0 Å². The summed E-state index contributed by atoms with van der Waals surface area (Å²) in [5.41, 5.74) is 3.48. The zero-order chi connectivity index (χ0) is 16.3. The standard InChI is InChI=1S/C16H14N8/c1-3-22-15-12(9-19-22)14-11(8-17-15)16(23-6-4-5-18-23)20-13-7-10(2)21-24(13)14/h4-9H,3H2,1-2H3. The van der Waals surface area contributed by atoms with Gasteiger partial charge >= 0.3 is 0 Å². The summed E-state index contributed by atoms with van der Waals surface area (Å²) in [4.78, 5) is 9.34. The van der Waals surface area contributed by atoms with E-state index < -0.39 is 0 Å². The van der Waals surface area contributed by atoms with Crippen LogP contribution in [0.5, 0.6) is 0 Å². The second-order valence-electron chi connectivity index (χ2n) is 5.66. The summed E-state index contributed by atoms with van der Waals surface area (Å²) in [6.07, 6.45) is 7.28. The third kappa shape index (κ3) is 1.65. The molecule has 24 heavy (non-hydrogen) atoms. The van der Waals surface area contributed by atoms with Crippen LogP contribution in [0.1, 0.15) is 12.6 Å². The topological polar surface area (TPSA) is 78.7 Å². The quantitative estimate of drug-likeness (QED) is 0.498. The smallest absolute Gasteiger partial charge is 0.166 e. The molecule has 0 aliphatic heterocycles. The highest BCUT2D eigenvalue weighted by Crippen LogP contribution is 2.27. The Morgan fingerprint density at radius 2 is 2.04 bits per heavy atom. The largest absolute Gasteiger partial charge is 0.248 e. The molecule has 0 spiro atoms. The maximum atomic E-state index is 4.73. The van der Waals surface area contributed by atoms with Crippen molar-refractivity contribution in [2.75, 3.05) is 0 Å². The molecule has 0 saturated heterocycles. The van der Waals surface area contributed by atoms with Crippen molar-refractivity contribution >= 4 is 27.6 Å². The first-order chi connectivity index (χ1) is 11.8. The summed E-state index contributed by atoms with van der Waals surface area (Å²) in [5.74, 6) is 0.737. The van der Waals surface area contributed by atoms with E-state index in [1.165, 1.54) is 0 Å². The highest BCUT2D eigenvalue weighted by molar-refractivity contribution is 6.05. The molecule has 0 fully saturated rings. The Labute approximate surface area is 136 Å². The Morgan fingerprint density at radius 3 is 2.83 bits per heavy atom. The number of aromatic nitrogens is 8. The van der Waals surface area contributed by atoms with Crippen LogP contribution < -0.4 is 0 Å². The first-order valence-corrected chi connectivity index (χ1v) is 7.77. The van der Waals surface area contributed by atoms with Crippen molar-refractivity contribution in [2.24, 2.45) is 0 Å². The van der Waals surface area contributed by atoms with Crippen molar-refractivity contribution in [3.05, 3.63) is 42.6 Å². The second-order valence-corrected chi connectivity index (χ2v) is 5.66. The fraction of sp³-hybridized carbons (Fsp3) is 0.188. The zero-order valence-corrected chi connectivity index (χ0v) is 13.2. The predicted molar refractivity (Wildman–Crippen MR) is 89.1 cm³/mol. The van der Waals surface area contributed by atoms with E-state index in [4.69, 9.17) is 4.98 Å². The molecule has 5 aromatic rings. The van der Waals surface area contributed by atoms with Gasteiger partial charge in [-0.3, -0.25) is 0 Å². The highest BCUT2D eigenvalue weighted by atomic mass is 15.3. The molecule has 5 rings (SSSR count). The number of fused-ring (bicyclic) bond motifs is 5. The number of hydrogen-bond donors (Lipinski definition) is 0. The van der Waals surface area contributed by atoms with Gasteiger partial charge in [-0.05, 0) is 19.9 Å². The lowest BCUT2D eigenvalue weighted by Crippen LogP contribution is -2.05. The van der Waals surface area contributed by atoms with E-state index >= 15 is 0 Å². The molecular weight excluding hydrogens is 304 g/mol. The van der Waals surface area contributed by atoms with Gasteiger partial charge in [0.1, 0.15) is 0 Å². The van der Waals surface area contributed by atoms with Gasteiger partial charge < -0.3 is 0 Å². The van der Waals surface area contributed by atoms with E-state index in [2.05, 4.69) is 20.3 Å². The lowest BCUT2D eigenvalue weighted by atomic mass is 10.2. The van der Waals surface area contributed by atoms with Gasteiger partial charge in [-0.2, -0.15) is 15.3 Å². The molecule has 8 nitrogen and oxygen atoms in total. The number of aryl methyl sites for hydroxylation is 2. The van der Waals surface area contributed by atoms with Crippen LogP contribution in [-0.4, -0.2) is 39.1 Å². The van der Waals surface area contributed by atoms with E-state index in [1.54, 1.807) is 10.9 Å². The molecule has 118 valence electrons. The van der Waals surface area contributed by atoms with Gasteiger partial charge in [-0.15, -0.1) is 0 Å². The minimum Gasteiger partial charge on any atom is -0.248 e. The molecule has 0 saturated carbocycles. The van der Waals surface area contributed by atoms with Crippen molar-refractivity contribution in [3.8, 4) is 5.82 Å². The van der Waals surface area contributed by atoms with Crippen LogP contribution in [0, 0.1) is 6.92 Å². The van der Waals surface area contributed by atoms with Gasteiger partial charge in [0, 0.05) is 31.2 Å². The molecule has 0 radical (unpaired) electrons. The molecular formula is C16H14N8. The third-order valence-electron chi connectivity index (χ3n) is 4.14. The van der Waals surface area contributed by atoms with Gasteiger partial charge in [0.05, 0.1) is 28.2 Å². The SMILES string of the molecule is CCn1ncc2c1ncc1c(-n3cccn3)nc3cc(C)nn3c12. The van der Waals surface area contributed by atoms with E-state index in [0.717, 1.165) is 45.6 Å². The average molecular weight is 318 g/mol. The fourth-order valence-electron chi connectivity index (χ4n) is 3.10. The monoisotopic (exact) mass is 318 g/mol. The van der Waals surface area contributed by atoms with Crippen LogP contribution in [-0.2, 0) is 6.54 Å². The number of nitrogens with zero attached hydrogens (tertiary/aromatic N) is 8. The first-order valence-electron chi connectivity index (χ1n) is 7.77. The maximum absolute atomic E-state index is 4.73. The molecule has 0 amide bonds. The summed E-state index contributed by atoms with van der Waals surface area (Å²) in [6, 6.07) is 3.84. The molecule has 0 aliphatic carbocycles. The van der Waals surface area contributed by atoms with E-state index in [0.29, 0.717) is 0 Å². The molecule has 0 aromatic carbocycles. The lowest BCUT2D eigenvalue weighted by Gasteiger charge is -2.08. The van der Waals surface area contributed by atoms with Crippen molar-refractivity contribution < 1.29 is 0 Å². The predicted octanol–water partition coefficient (Wildman–Crippen LogP) is 2.14. The summed E-state index contributed by atoms with van der Waals surface area (Å²) in [5, 5.41) is 15.2. The average Bonchev–Trinajstić information content (AvgIpc) is 3.31. The number of hydrogen-bond acceptors (Lipinski definition) is 5. The van der Waals surface area contributed by atoms with Crippen LogP contribution in [0.2, 0.25) is 0 Å². The lowest BCUT2D eigenvalue weighted by molar-refractivity contribution is 0.677. The molecule has 0 atom stereocenters. The van der Waals surface area contributed by atoms with Crippen molar-refractivity contribution in [2.45, 2.75) is 20.4 Å². The van der Waals surface area contributed by atoms with Crippen LogP contribution in [0.25, 0.3) is 33.4 Å². The normalized spacial score (nSPS) is 11.9. The van der Waals surface area contributed by atoms with Crippen LogP contribution in [0.3, 0.4) is 0 Å². The van der Waals surface area contributed by atoms with Crippen molar-refractivity contribution in [1.82, 2.24) is 39.1 Å². The molecule has 0 aliphatic rings. The van der Waals surface area contributed by atoms with Crippen LogP contribution >= 0.6 is 0 Å². The molecule has 8 heteroatoms. The fourth-order valence-corrected chi connectivity index (χ4v) is 3.10. The van der Waals surface area contributed by atoms with Gasteiger partial charge in [-0.25, -0.2) is 23.8 Å². The molecule has 0 unspecified atom stereocenters. The number of rotatable bonds is 2. The Balaban J connectivity index is 2.04. The Morgan fingerprint density at radius 1 is 1.12 bits per heavy atom. The van der Waals surface area contributed by atoms with Crippen molar-refractivity contribution in [3.63, 3.8) is 0 Å². The van der Waals surface area contributed by atoms with Crippen LogP contribution in [0.15, 0.2) is 36.9 Å². The second kappa shape index (κ2) is 4.60. The zero-order valence-electron chi connectivity index (χ0n) is 13.2. The van der Waals surface area contributed by atoms with Gasteiger partial charge in [0.25, 0.3) is 0 Å². The third-order valence-corrected chi connectivity index (χ3v) is 4.14. The molecule has 5 aromatic heterocycles. The summed E-state index contributed by atoms with van der Waals surface area (Å²) in [6.45, 7) is 4.77. The first kappa shape index (κ1) is 13.2. The Hall–Kier alpha value is -3.29. The Kier molecular flexibility index (Phi) is 2.53. The number of pyridine rings is 1. The van der Waals surface area contributed by atoms with Gasteiger partial charge in [0.2, 0.25) is 0 Å². The summed E-state index contributed by atoms with van der Waals surface area (Å²) < 4.78 is 5.50. The summed E-state index contributed by atoms with van der Waals surface area (Å²) >= 11 is 0. The highest BCUT2D eigenvalue weighted by Gasteiger charge is 2.17. The van der Waals surface area contributed by atoms with Crippen LogP contribution in [0.4, 0.5) is 0 Å². The van der Waals surface area contributed by atoms with Gasteiger partial charge in [-0.1, -0.05) is 0 Å². The van der Waals surface area contributed by atoms with Gasteiger partial charge in [0.15, 0.2) is 17.1 Å². The minimum absolute atomic E-state index is 0.737. The maximum Gasteiger partial charge on any atom is 0.166 e. The van der Waals surface area contributed by atoms with E-state index in [1.807, 2.05) is 53.8 Å². The Bertz CT molecular complexity index is 1200. The minimum atomic E-state index is 0.737.